The van der Waals surface area contributed by atoms with Gasteiger partial charge in [-0.15, -0.1) is 0 Å². The van der Waals surface area contributed by atoms with Crippen molar-refractivity contribution in [2.24, 2.45) is 0 Å². The van der Waals surface area contributed by atoms with E-state index in [0.717, 1.165) is 35.1 Å². The summed E-state index contributed by atoms with van der Waals surface area (Å²) >= 11 is 6.25. The van der Waals surface area contributed by atoms with E-state index < -0.39 is 15.7 Å². The third-order valence-electron chi connectivity index (χ3n) is 4.74. The highest BCUT2D eigenvalue weighted by atomic mass is 35.5. The lowest BCUT2D eigenvalue weighted by atomic mass is 10.1. The summed E-state index contributed by atoms with van der Waals surface area (Å²) in [6, 6.07) is 14.4. The molecule has 1 aromatic heterocycles. The molecule has 0 unspecified atom stereocenters. The minimum atomic E-state index is -3.71. The van der Waals surface area contributed by atoms with Crippen LogP contribution in [0.5, 0.6) is 5.75 Å². The first kappa shape index (κ1) is 20.6. The van der Waals surface area contributed by atoms with Crippen LogP contribution in [0.3, 0.4) is 0 Å². The minimum Gasteiger partial charge on any atom is -0.493 e. The normalized spacial score (nSPS) is 13.1. The van der Waals surface area contributed by atoms with Crippen LogP contribution in [0.1, 0.15) is 16.7 Å². The van der Waals surface area contributed by atoms with E-state index in [1.54, 1.807) is 18.2 Å². The summed E-state index contributed by atoms with van der Waals surface area (Å²) in [5.74, 6) is 0.837. The van der Waals surface area contributed by atoms with Crippen molar-refractivity contribution in [1.82, 2.24) is 9.78 Å². The predicted molar refractivity (Wildman–Crippen MR) is 113 cm³/mol. The van der Waals surface area contributed by atoms with Gasteiger partial charge in [-0.2, -0.15) is 13.5 Å². The van der Waals surface area contributed by atoms with Crippen molar-refractivity contribution in [2.75, 3.05) is 12.9 Å². The third kappa shape index (κ3) is 4.56. The van der Waals surface area contributed by atoms with Crippen molar-refractivity contribution in [3.63, 3.8) is 0 Å². The lowest BCUT2D eigenvalue weighted by Crippen LogP contribution is -2.28. The second-order valence-corrected chi connectivity index (χ2v) is 9.05. The molecule has 2 aromatic carbocycles. The summed E-state index contributed by atoms with van der Waals surface area (Å²) in [6.45, 7) is 0.404. The molecule has 3 aromatic rings. The van der Waals surface area contributed by atoms with E-state index >= 15 is 0 Å². The van der Waals surface area contributed by atoms with Crippen LogP contribution in [0.15, 0.2) is 53.3 Å². The van der Waals surface area contributed by atoms with Crippen LogP contribution in [-0.2, 0) is 33.9 Å². The summed E-state index contributed by atoms with van der Waals surface area (Å²) < 4.78 is 34.6. The SMILES string of the molecule is CS(=O)(=O)OCc1cc(-c2ccc3c(c2)CCO3)nn(Cc2ccccc2Cl)c1=O. The lowest BCUT2D eigenvalue weighted by Gasteiger charge is -2.12. The predicted octanol–water partition coefficient (Wildman–Crippen LogP) is 3.02. The number of rotatable bonds is 6. The van der Waals surface area contributed by atoms with E-state index in [9.17, 15) is 13.2 Å². The Hall–Kier alpha value is -2.68. The molecule has 2 heterocycles. The molecule has 0 bridgehead atoms. The molecule has 0 aliphatic carbocycles. The molecular weight excluding hydrogens is 428 g/mol. The highest BCUT2D eigenvalue weighted by molar-refractivity contribution is 7.85. The van der Waals surface area contributed by atoms with Crippen LogP contribution in [0.25, 0.3) is 11.3 Å². The number of benzene rings is 2. The van der Waals surface area contributed by atoms with Gasteiger partial charge in [-0.25, -0.2) is 4.68 Å². The summed E-state index contributed by atoms with van der Waals surface area (Å²) in [7, 11) is -3.71. The van der Waals surface area contributed by atoms with E-state index in [2.05, 4.69) is 5.10 Å². The van der Waals surface area contributed by atoms with Gasteiger partial charge in [0.25, 0.3) is 15.7 Å². The van der Waals surface area contributed by atoms with Gasteiger partial charge in [0, 0.05) is 22.6 Å². The zero-order chi connectivity index (χ0) is 21.3. The average Bonchev–Trinajstić information content (AvgIpc) is 3.17. The molecule has 7 nitrogen and oxygen atoms in total. The second-order valence-electron chi connectivity index (χ2n) is 7.00. The van der Waals surface area contributed by atoms with Crippen molar-refractivity contribution >= 4 is 21.7 Å². The highest BCUT2D eigenvalue weighted by Crippen LogP contribution is 2.30. The van der Waals surface area contributed by atoms with Gasteiger partial charge >= 0.3 is 0 Å². The van der Waals surface area contributed by atoms with Crippen LogP contribution in [0.2, 0.25) is 5.02 Å². The maximum absolute atomic E-state index is 12.9. The fourth-order valence-corrected chi connectivity index (χ4v) is 3.79. The zero-order valence-corrected chi connectivity index (χ0v) is 17.7. The van der Waals surface area contributed by atoms with Gasteiger partial charge in [0.15, 0.2) is 0 Å². The van der Waals surface area contributed by atoms with Gasteiger partial charge in [-0.3, -0.25) is 8.98 Å². The van der Waals surface area contributed by atoms with Crippen molar-refractivity contribution in [2.45, 2.75) is 19.6 Å². The molecule has 0 saturated heterocycles. The van der Waals surface area contributed by atoms with Crippen molar-refractivity contribution in [1.29, 1.82) is 0 Å². The Morgan fingerprint density at radius 2 is 1.97 bits per heavy atom. The Balaban J connectivity index is 1.79. The molecule has 0 spiro atoms. The van der Waals surface area contributed by atoms with E-state index in [-0.39, 0.29) is 18.7 Å². The number of aromatic nitrogens is 2. The van der Waals surface area contributed by atoms with Gasteiger partial charge in [0.1, 0.15) is 5.75 Å². The van der Waals surface area contributed by atoms with Gasteiger partial charge in [-0.05, 0) is 41.5 Å². The van der Waals surface area contributed by atoms with Gasteiger partial charge in [-0.1, -0.05) is 29.8 Å². The first-order valence-corrected chi connectivity index (χ1v) is 11.4. The highest BCUT2D eigenvalue weighted by Gasteiger charge is 2.17. The molecule has 0 N–H and O–H groups in total. The number of nitrogens with zero attached hydrogens (tertiary/aromatic N) is 2. The van der Waals surface area contributed by atoms with Crippen LogP contribution >= 0.6 is 11.6 Å². The monoisotopic (exact) mass is 446 g/mol. The molecule has 0 fully saturated rings. The summed E-state index contributed by atoms with van der Waals surface area (Å²) in [4.78, 5) is 12.9. The average molecular weight is 447 g/mol. The topological polar surface area (TPSA) is 87.5 Å². The van der Waals surface area contributed by atoms with Crippen LogP contribution in [0.4, 0.5) is 0 Å². The molecule has 156 valence electrons. The van der Waals surface area contributed by atoms with Gasteiger partial charge < -0.3 is 4.74 Å². The quantitative estimate of drug-likeness (QED) is 0.541. The Bertz CT molecular complexity index is 1270. The molecular formula is C21H19ClN2O5S. The standard InChI is InChI=1S/C21H19ClN2O5S/c1-30(26,27)29-13-17-11-19(14-6-7-20-15(10-14)8-9-28-20)23-24(21(17)25)12-16-4-2-3-5-18(16)22/h2-7,10-11H,8-9,12-13H2,1H3. The summed E-state index contributed by atoms with van der Waals surface area (Å²) in [5, 5.41) is 5.02. The Kier molecular flexibility index (Phi) is 5.64. The van der Waals surface area contributed by atoms with Crippen LogP contribution < -0.4 is 10.3 Å². The molecule has 1 aliphatic rings. The Morgan fingerprint density at radius 3 is 2.73 bits per heavy atom. The van der Waals surface area contributed by atoms with Crippen molar-refractivity contribution in [3.05, 3.63) is 80.6 Å². The van der Waals surface area contributed by atoms with E-state index in [4.69, 9.17) is 20.5 Å². The number of hydrogen-bond acceptors (Lipinski definition) is 6. The van der Waals surface area contributed by atoms with Crippen molar-refractivity contribution in [3.8, 4) is 17.0 Å². The molecule has 0 radical (unpaired) electrons. The fourth-order valence-electron chi connectivity index (χ4n) is 3.25. The first-order chi connectivity index (χ1) is 14.3. The summed E-state index contributed by atoms with van der Waals surface area (Å²) in [6.07, 6.45) is 1.74. The van der Waals surface area contributed by atoms with Crippen LogP contribution in [-0.4, -0.2) is 31.1 Å². The lowest BCUT2D eigenvalue weighted by molar-refractivity contribution is 0.308. The first-order valence-electron chi connectivity index (χ1n) is 9.25. The molecule has 1 aliphatic heterocycles. The van der Waals surface area contributed by atoms with E-state index in [1.165, 1.54) is 4.68 Å². The Labute approximate surface area is 179 Å². The van der Waals surface area contributed by atoms with E-state index in [1.807, 2.05) is 30.3 Å². The number of ether oxygens (including phenoxy) is 1. The van der Waals surface area contributed by atoms with Crippen molar-refractivity contribution < 1.29 is 17.3 Å². The summed E-state index contributed by atoms with van der Waals surface area (Å²) in [5.41, 5.74) is 2.87. The molecule has 0 atom stereocenters. The number of fused-ring (bicyclic) bond motifs is 1. The van der Waals surface area contributed by atoms with E-state index in [0.29, 0.717) is 17.3 Å². The molecule has 0 saturated carbocycles. The molecule has 30 heavy (non-hydrogen) atoms. The molecule has 9 heteroatoms. The number of hydrogen-bond donors (Lipinski definition) is 0. The second kappa shape index (κ2) is 8.22. The largest absolute Gasteiger partial charge is 0.493 e. The smallest absolute Gasteiger partial charge is 0.272 e. The van der Waals surface area contributed by atoms with Gasteiger partial charge in [0.05, 0.1) is 31.7 Å². The molecule has 0 amide bonds. The maximum atomic E-state index is 12.9. The number of halogens is 1. The van der Waals surface area contributed by atoms with Crippen LogP contribution in [0, 0.1) is 0 Å². The van der Waals surface area contributed by atoms with Gasteiger partial charge in [0.2, 0.25) is 0 Å². The fraction of sp³-hybridized carbons (Fsp3) is 0.238. The zero-order valence-electron chi connectivity index (χ0n) is 16.2. The molecule has 4 rings (SSSR count). The third-order valence-corrected chi connectivity index (χ3v) is 5.65. The maximum Gasteiger partial charge on any atom is 0.272 e. The minimum absolute atomic E-state index is 0.145. The Morgan fingerprint density at radius 1 is 1.17 bits per heavy atom.